The van der Waals surface area contributed by atoms with Gasteiger partial charge in [-0.15, -0.1) is 0 Å². The summed E-state index contributed by atoms with van der Waals surface area (Å²) in [6.07, 6.45) is 3.11. The second kappa shape index (κ2) is 6.22. The molecule has 0 bridgehead atoms. The first-order chi connectivity index (χ1) is 8.60. The maximum atomic E-state index is 11.8. The van der Waals surface area contributed by atoms with E-state index < -0.39 is 0 Å². The van der Waals surface area contributed by atoms with E-state index in [-0.39, 0.29) is 17.9 Å². The Morgan fingerprint density at radius 3 is 2.67 bits per heavy atom. The third-order valence-corrected chi connectivity index (χ3v) is 3.53. The number of hydrogen-bond donors (Lipinski definition) is 3. The van der Waals surface area contributed by atoms with E-state index in [1.807, 2.05) is 19.9 Å². The van der Waals surface area contributed by atoms with Crippen LogP contribution in [0.4, 0.5) is 0 Å². The van der Waals surface area contributed by atoms with Crippen LogP contribution in [0.2, 0.25) is 0 Å². The molecule has 18 heavy (non-hydrogen) atoms. The van der Waals surface area contributed by atoms with Gasteiger partial charge in [-0.2, -0.15) is 5.26 Å². The lowest BCUT2D eigenvalue weighted by atomic mass is 9.83. The Morgan fingerprint density at radius 2 is 2.22 bits per heavy atom. The molecular weight excluding hydrogens is 230 g/mol. The minimum atomic E-state index is -0.260. The number of aromatic nitrogens is 1. The molecule has 0 radical (unpaired) electrons. The van der Waals surface area contributed by atoms with Crippen molar-refractivity contribution in [1.82, 2.24) is 10.3 Å². The van der Waals surface area contributed by atoms with Gasteiger partial charge in [0, 0.05) is 18.2 Å². The van der Waals surface area contributed by atoms with Crippen molar-refractivity contribution in [3.63, 3.8) is 0 Å². The molecule has 0 spiro atoms. The first-order valence-electron chi connectivity index (χ1n) is 6.08. The zero-order valence-corrected chi connectivity index (χ0v) is 10.8. The number of nitriles is 1. The van der Waals surface area contributed by atoms with Crippen molar-refractivity contribution in [2.24, 2.45) is 5.41 Å². The predicted octanol–water partition coefficient (Wildman–Crippen LogP) is 1.41. The summed E-state index contributed by atoms with van der Waals surface area (Å²) in [6, 6.07) is 3.44. The van der Waals surface area contributed by atoms with E-state index in [4.69, 9.17) is 5.26 Å². The van der Waals surface area contributed by atoms with E-state index in [1.165, 1.54) is 12.3 Å². The Balaban J connectivity index is 2.63. The molecule has 0 aliphatic carbocycles. The zero-order valence-electron chi connectivity index (χ0n) is 10.8. The number of nitrogens with zero attached hydrogens (tertiary/aromatic N) is 1. The summed E-state index contributed by atoms with van der Waals surface area (Å²) in [4.78, 5) is 14.6. The van der Waals surface area contributed by atoms with Gasteiger partial charge >= 0.3 is 0 Å². The zero-order chi connectivity index (χ0) is 13.6. The van der Waals surface area contributed by atoms with Gasteiger partial charge in [0.05, 0.1) is 12.2 Å². The molecule has 5 nitrogen and oxygen atoms in total. The summed E-state index contributed by atoms with van der Waals surface area (Å²) < 4.78 is 0. The Kier molecular flexibility index (Phi) is 4.93. The number of nitrogens with one attached hydrogen (secondary N) is 2. The quantitative estimate of drug-likeness (QED) is 0.712. The fourth-order valence-corrected chi connectivity index (χ4v) is 1.74. The highest BCUT2D eigenvalue weighted by Crippen LogP contribution is 2.24. The van der Waals surface area contributed by atoms with Crippen LogP contribution < -0.4 is 5.32 Å². The Bertz CT molecular complexity index is 433. The molecule has 98 valence electrons. The molecule has 1 heterocycles. The van der Waals surface area contributed by atoms with Crippen LogP contribution in [0.5, 0.6) is 0 Å². The Hall–Kier alpha value is -1.80. The normalized spacial score (nSPS) is 11.0. The average Bonchev–Trinajstić information content (AvgIpc) is 2.89. The van der Waals surface area contributed by atoms with E-state index in [0.29, 0.717) is 17.8 Å². The highest BCUT2D eigenvalue weighted by molar-refractivity contribution is 5.94. The monoisotopic (exact) mass is 249 g/mol. The maximum absolute atomic E-state index is 11.8. The number of aliphatic hydroxyl groups is 1. The molecule has 1 amide bonds. The maximum Gasteiger partial charge on any atom is 0.252 e. The number of rotatable bonds is 6. The van der Waals surface area contributed by atoms with Gasteiger partial charge in [0.2, 0.25) is 0 Å². The number of aromatic amines is 1. The number of hydrogen-bond acceptors (Lipinski definition) is 3. The molecule has 1 aromatic heterocycles. The third-order valence-electron chi connectivity index (χ3n) is 3.53. The molecule has 0 aromatic carbocycles. The van der Waals surface area contributed by atoms with Gasteiger partial charge in [0.1, 0.15) is 11.8 Å². The van der Waals surface area contributed by atoms with Crippen LogP contribution in [-0.2, 0) is 0 Å². The van der Waals surface area contributed by atoms with Crippen molar-refractivity contribution in [3.8, 4) is 6.07 Å². The SMILES string of the molecule is CCC(CC)(CO)CNC(=O)c1c[nH]c(C#N)c1. The minimum absolute atomic E-state index is 0.0524. The summed E-state index contributed by atoms with van der Waals surface area (Å²) in [5.41, 5.74) is 0.537. The van der Waals surface area contributed by atoms with Gasteiger partial charge < -0.3 is 15.4 Å². The van der Waals surface area contributed by atoms with E-state index in [2.05, 4.69) is 10.3 Å². The van der Waals surface area contributed by atoms with Gasteiger partial charge in [0.15, 0.2) is 0 Å². The lowest BCUT2D eigenvalue weighted by molar-refractivity contribution is 0.0851. The van der Waals surface area contributed by atoms with Crippen molar-refractivity contribution < 1.29 is 9.90 Å². The second-order valence-corrected chi connectivity index (χ2v) is 4.46. The van der Waals surface area contributed by atoms with Crippen LogP contribution in [0.25, 0.3) is 0 Å². The van der Waals surface area contributed by atoms with Crippen molar-refractivity contribution in [2.75, 3.05) is 13.2 Å². The lowest BCUT2D eigenvalue weighted by Gasteiger charge is -2.29. The molecular formula is C13H19N3O2. The molecule has 0 fully saturated rings. The average molecular weight is 249 g/mol. The Labute approximate surface area is 107 Å². The van der Waals surface area contributed by atoms with Crippen LogP contribution in [-0.4, -0.2) is 29.1 Å². The van der Waals surface area contributed by atoms with Crippen molar-refractivity contribution in [1.29, 1.82) is 5.26 Å². The van der Waals surface area contributed by atoms with E-state index in [9.17, 15) is 9.90 Å². The fraction of sp³-hybridized carbons (Fsp3) is 0.538. The van der Waals surface area contributed by atoms with Gasteiger partial charge in [-0.05, 0) is 18.9 Å². The number of amides is 1. The molecule has 0 atom stereocenters. The minimum Gasteiger partial charge on any atom is -0.396 e. The first-order valence-corrected chi connectivity index (χ1v) is 6.08. The molecule has 1 aromatic rings. The third kappa shape index (κ3) is 3.11. The summed E-state index contributed by atoms with van der Waals surface area (Å²) in [7, 11) is 0. The van der Waals surface area contributed by atoms with Crippen LogP contribution in [0, 0.1) is 16.7 Å². The molecule has 0 saturated heterocycles. The first kappa shape index (κ1) is 14.3. The fourth-order valence-electron chi connectivity index (χ4n) is 1.74. The van der Waals surface area contributed by atoms with E-state index >= 15 is 0 Å². The van der Waals surface area contributed by atoms with Crippen molar-refractivity contribution in [3.05, 3.63) is 23.5 Å². The number of carbonyl (C=O) groups excluding carboxylic acids is 1. The molecule has 0 aliphatic rings. The summed E-state index contributed by atoms with van der Waals surface area (Å²) in [5, 5.41) is 20.9. The van der Waals surface area contributed by atoms with Crippen LogP contribution >= 0.6 is 0 Å². The topological polar surface area (TPSA) is 88.9 Å². The molecule has 1 rings (SSSR count). The smallest absolute Gasteiger partial charge is 0.252 e. The molecule has 0 unspecified atom stereocenters. The molecule has 5 heteroatoms. The highest BCUT2D eigenvalue weighted by atomic mass is 16.3. The summed E-state index contributed by atoms with van der Waals surface area (Å²) in [6.45, 7) is 4.48. The molecule has 0 aliphatic heterocycles. The number of aliphatic hydroxyl groups excluding tert-OH is 1. The predicted molar refractivity (Wildman–Crippen MR) is 67.9 cm³/mol. The van der Waals surface area contributed by atoms with Gasteiger partial charge in [-0.25, -0.2) is 0 Å². The van der Waals surface area contributed by atoms with Crippen LogP contribution in [0.1, 0.15) is 42.7 Å². The van der Waals surface area contributed by atoms with Crippen LogP contribution in [0.3, 0.4) is 0 Å². The summed E-state index contributed by atoms with van der Waals surface area (Å²) >= 11 is 0. The van der Waals surface area contributed by atoms with Gasteiger partial charge in [0.25, 0.3) is 5.91 Å². The molecule has 0 saturated carbocycles. The number of H-pyrrole nitrogens is 1. The van der Waals surface area contributed by atoms with Crippen molar-refractivity contribution >= 4 is 5.91 Å². The van der Waals surface area contributed by atoms with Gasteiger partial charge in [-0.1, -0.05) is 13.8 Å². The highest BCUT2D eigenvalue weighted by Gasteiger charge is 2.26. The van der Waals surface area contributed by atoms with E-state index in [0.717, 1.165) is 12.8 Å². The van der Waals surface area contributed by atoms with E-state index in [1.54, 1.807) is 0 Å². The Morgan fingerprint density at radius 1 is 1.56 bits per heavy atom. The van der Waals surface area contributed by atoms with Crippen molar-refractivity contribution in [2.45, 2.75) is 26.7 Å². The molecule has 3 N–H and O–H groups in total. The second-order valence-electron chi connectivity index (χ2n) is 4.46. The number of carbonyl (C=O) groups is 1. The standard InChI is InChI=1S/C13H19N3O2/c1-3-13(4-2,9-17)8-16-12(18)10-5-11(6-14)15-7-10/h5,7,15,17H,3-4,8-9H2,1-2H3,(H,16,18). The van der Waals surface area contributed by atoms with Gasteiger partial charge in [-0.3, -0.25) is 4.79 Å². The van der Waals surface area contributed by atoms with Crippen LogP contribution in [0.15, 0.2) is 12.3 Å². The lowest BCUT2D eigenvalue weighted by Crippen LogP contribution is -2.39. The largest absolute Gasteiger partial charge is 0.396 e. The summed E-state index contributed by atoms with van der Waals surface area (Å²) in [5.74, 6) is -0.229.